The zero-order valence-corrected chi connectivity index (χ0v) is 16.0. The molecule has 0 unspecified atom stereocenters. The van der Waals surface area contributed by atoms with Crippen molar-refractivity contribution in [3.63, 3.8) is 0 Å². The molecule has 7 nitrogen and oxygen atoms in total. The van der Waals surface area contributed by atoms with E-state index >= 15 is 0 Å². The fourth-order valence-electron chi connectivity index (χ4n) is 2.77. The molecule has 144 valence electrons. The molecular weight excluding hydrogens is 392 g/mol. The molecule has 2 heterocycles. The largest absolute Gasteiger partial charge is 0.463 e. The van der Waals surface area contributed by atoms with Crippen LogP contribution < -0.4 is 10.9 Å². The molecule has 2 aromatic heterocycles. The molecule has 0 spiro atoms. The van der Waals surface area contributed by atoms with Crippen LogP contribution in [0.1, 0.15) is 21.6 Å². The number of rotatable bonds is 4. The predicted molar refractivity (Wildman–Crippen MR) is 111 cm³/mol. The molecule has 0 aliphatic carbocycles. The maximum atomic E-state index is 12.6. The number of carbonyl (C=O) groups is 1. The number of aromatic amines is 1. The Morgan fingerprint density at radius 1 is 1.24 bits per heavy atom. The van der Waals surface area contributed by atoms with Crippen LogP contribution in [0, 0.1) is 6.92 Å². The maximum Gasteiger partial charge on any atom is 0.289 e. The first-order chi connectivity index (χ1) is 14.0. The third kappa shape index (κ3) is 3.81. The zero-order chi connectivity index (χ0) is 20.4. The number of hydrogen-bond donors (Lipinski definition) is 2. The Labute approximate surface area is 170 Å². The van der Waals surface area contributed by atoms with E-state index in [1.54, 1.807) is 18.2 Å². The molecule has 2 N–H and O–H groups in total. The molecule has 0 fully saturated rings. The Morgan fingerprint density at radius 3 is 2.83 bits per heavy atom. The third-order valence-corrected chi connectivity index (χ3v) is 4.75. The van der Waals surface area contributed by atoms with Gasteiger partial charge in [0, 0.05) is 10.6 Å². The van der Waals surface area contributed by atoms with Crippen LogP contribution in [-0.2, 0) is 0 Å². The molecule has 8 heteroatoms. The van der Waals surface area contributed by atoms with Gasteiger partial charge in [-0.2, -0.15) is 10.2 Å². The number of H-pyrrole nitrogens is 1. The molecule has 0 atom stereocenters. The van der Waals surface area contributed by atoms with Crippen molar-refractivity contribution in [2.45, 2.75) is 6.92 Å². The molecule has 4 aromatic rings. The topological polar surface area (TPSA) is 100 Å². The van der Waals surface area contributed by atoms with Crippen LogP contribution in [0.25, 0.3) is 22.2 Å². The van der Waals surface area contributed by atoms with E-state index in [4.69, 9.17) is 16.0 Å². The minimum atomic E-state index is -0.486. The second-order valence-corrected chi connectivity index (χ2v) is 6.76. The summed E-state index contributed by atoms with van der Waals surface area (Å²) in [6.07, 6.45) is 2.52. The first kappa shape index (κ1) is 18.6. The van der Waals surface area contributed by atoms with E-state index in [9.17, 15) is 9.59 Å². The number of benzene rings is 2. The second-order valence-electron chi connectivity index (χ2n) is 6.35. The van der Waals surface area contributed by atoms with Crippen LogP contribution in [0.3, 0.4) is 0 Å². The quantitative estimate of drug-likeness (QED) is 0.396. The summed E-state index contributed by atoms with van der Waals surface area (Å²) in [6, 6.07) is 14.3. The lowest BCUT2D eigenvalue weighted by atomic mass is 10.1. The number of hydrogen-bond acceptors (Lipinski definition) is 5. The van der Waals surface area contributed by atoms with E-state index in [1.165, 1.54) is 12.5 Å². The zero-order valence-electron chi connectivity index (χ0n) is 15.3. The van der Waals surface area contributed by atoms with Crippen molar-refractivity contribution >= 4 is 34.7 Å². The van der Waals surface area contributed by atoms with Gasteiger partial charge in [-0.05, 0) is 30.7 Å². The van der Waals surface area contributed by atoms with Crippen molar-refractivity contribution in [2.24, 2.45) is 5.10 Å². The Kier molecular flexibility index (Phi) is 4.97. The Bertz CT molecular complexity index is 1290. The SMILES string of the molecule is Cc1cc2occ(/C=N/NC(=O)c3cc(-c4ccccc4)n[nH]3)c(=O)c2cc1Cl. The number of nitrogens with zero attached hydrogens (tertiary/aromatic N) is 2. The summed E-state index contributed by atoms with van der Waals surface area (Å²) in [7, 11) is 0. The Balaban J connectivity index is 1.51. The lowest BCUT2D eigenvalue weighted by Gasteiger charge is -2.02. The van der Waals surface area contributed by atoms with E-state index in [0.717, 1.165) is 11.1 Å². The van der Waals surface area contributed by atoms with Crippen LogP contribution in [0.2, 0.25) is 5.02 Å². The molecule has 0 bridgehead atoms. The van der Waals surface area contributed by atoms with Gasteiger partial charge in [0.15, 0.2) is 0 Å². The number of halogens is 1. The highest BCUT2D eigenvalue weighted by molar-refractivity contribution is 6.32. The minimum absolute atomic E-state index is 0.187. The summed E-state index contributed by atoms with van der Waals surface area (Å²) in [5.74, 6) is -0.486. The van der Waals surface area contributed by atoms with Crippen LogP contribution in [0.5, 0.6) is 0 Å². The first-order valence-electron chi connectivity index (χ1n) is 8.69. The number of aryl methyl sites for hydroxylation is 1. The van der Waals surface area contributed by atoms with Gasteiger partial charge in [-0.25, -0.2) is 5.43 Å². The molecule has 0 saturated heterocycles. The lowest BCUT2D eigenvalue weighted by molar-refractivity contribution is 0.0950. The summed E-state index contributed by atoms with van der Waals surface area (Å²) >= 11 is 6.09. The average molecular weight is 407 g/mol. The van der Waals surface area contributed by atoms with Crippen molar-refractivity contribution in [3.05, 3.63) is 86.9 Å². The molecule has 2 aromatic carbocycles. The van der Waals surface area contributed by atoms with Gasteiger partial charge in [0.1, 0.15) is 17.5 Å². The van der Waals surface area contributed by atoms with Crippen LogP contribution in [0.4, 0.5) is 0 Å². The van der Waals surface area contributed by atoms with Gasteiger partial charge in [0.05, 0.1) is 22.9 Å². The highest BCUT2D eigenvalue weighted by Crippen LogP contribution is 2.21. The molecule has 1 amide bonds. The number of nitrogens with one attached hydrogen (secondary N) is 2. The Morgan fingerprint density at radius 2 is 2.03 bits per heavy atom. The molecular formula is C21H15ClN4O3. The van der Waals surface area contributed by atoms with E-state index in [-0.39, 0.29) is 16.7 Å². The molecule has 0 aliphatic heterocycles. The molecule has 0 radical (unpaired) electrons. The first-order valence-corrected chi connectivity index (χ1v) is 9.06. The highest BCUT2D eigenvalue weighted by atomic mass is 35.5. The predicted octanol–water partition coefficient (Wildman–Crippen LogP) is 3.91. The smallest absolute Gasteiger partial charge is 0.289 e. The van der Waals surface area contributed by atoms with Crippen molar-refractivity contribution in [1.82, 2.24) is 15.6 Å². The van der Waals surface area contributed by atoms with Crippen molar-refractivity contribution in [2.75, 3.05) is 0 Å². The standard InChI is InChI=1S/C21H15ClN4O3/c1-12-7-19-15(8-16(12)22)20(27)14(11-29-19)10-23-26-21(28)18-9-17(24-25-18)13-5-3-2-4-6-13/h2-11H,1H3,(H,24,25)(H,26,28)/b23-10+. The highest BCUT2D eigenvalue weighted by Gasteiger charge is 2.11. The van der Waals surface area contributed by atoms with Crippen LogP contribution >= 0.6 is 11.6 Å². The summed E-state index contributed by atoms with van der Waals surface area (Å²) < 4.78 is 5.48. The van der Waals surface area contributed by atoms with E-state index < -0.39 is 5.91 Å². The minimum Gasteiger partial charge on any atom is -0.463 e. The maximum absolute atomic E-state index is 12.6. The van der Waals surface area contributed by atoms with Gasteiger partial charge in [-0.15, -0.1) is 0 Å². The van der Waals surface area contributed by atoms with Gasteiger partial charge >= 0.3 is 0 Å². The van der Waals surface area contributed by atoms with E-state index in [0.29, 0.717) is 21.7 Å². The monoisotopic (exact) mass is 406 g/mol. The lowest BCUT2D eigenvalue weighted by Crippen LogP contribution is -2.19. The van der Waals surface area contributed by atoms with Crippen molar-refractivity contribution < 1.29 is 9.21 Å². The summed E-state index contributed by atoms with van der Waals surface area (Å²) in [6.45, 7) is 1.82. The van der Waals surface area contributed by atoms with Crippen LogP contribution in [0.15, 0.2) is 69.1 Å². The fraction of sp³-hybridized carbons (Fsp3) is 0.0476. The van der Waals surface area contributed by atoms with Crippen molar-refractivity contribution in [1.29, 1.82) is 0 Å². The number of hydrazone groups is 1. The number of carbonyl (C=O) groups excluding carboxylic acids is 1. The second kappa shape index (κ2) is 7.73. The molecule has 29 heavy (non-hydrogen) atoms. The van der Waals surface area contributed by atoms with Gasteiger partial charge in [0.25, 0.3) is 5.91 Å². The van der Waals surface area contributed by atoms with E-state index in [2.05, 4.69) is 20.7 Å². The molecule has 0 saturated carbocycles. The molecule has 0 aliphatic rings. The summed E-state index contributed by atoms with van der Waals surface area (Å²) in [5.41, 5.74) is 5.27. The number of aromatic nitrogens is 2. The van der Waals surface area contributed by atoms with Crippen molar-refractivity contribution in [3.8, 4) is 11.3 Å². The molecule has 4 rings (SSSR count). The summed E-state index contributed by atoms with van der Waals surface area (Å²) in [5, 5.41) is 11.5. The number of amides is 1. The fourth-order valence-corrected chi connectivity index (χ4v) is 2.93. The van der Waals surface area contributed by atoms with Crippen LogP contribution in [-0.4, -0.2) is 22.3 Å². The van der Waals surface area contributed by atoms with Gasteiger partial charge in [-0.3, -0.25) is 14.7 Å². The average Bonchev–Trinajstić information content (AvgIpc) is 3.22. The van der Waals surface area contributed by atoms with Gasteiger partial charge < -0.3 is 4.42 Å². The van der Waals surface area contributed by atoms with Gasteiger partial charge in [0.2, 0.25) is 5.43 Å². The van der Waals surface area contributed by atoms with E-state index in [1.807, 2.05) is 37.3 Å². The summed E-state index contributed by atoms with van der Waals surface area (Å²) in [4.78, 5) is 24.8. The Hall–Kier alpha value is -3.71. The third-order valence-electron chi connectivity index (χ3n) is 4.34. The normalized spacial score (nSPS) is 11.2. The van der Waals surface area contributed by atoms with Gasteiger partial charge in [-0.1, -0.05) is 41.9 Å². The number of fused-ring (bicyclic) bond motifs is 1.